The van der Waals surface area contributed by atoms with Crippen molar-refractivity contribution in [1.82, 2.24) is 15.1 Å². The summed E-state index contributed by atoms with van der Waals surface area (Å²) in [6, 6.07) is 2.51. The molecule has 5 nitrogen and oxygen atoms in total. The van der Waals surface area contributed by atoms with Gasteiger partial charge in [0.2, 0.25) is 0 Å². The second kappa shape index (κ2) is 7.40. The normalized spacial score (nSPS) is 16.1. The van der Waals surface area contributed by atoms with E-state index in [0.717, 1.165) is 5.69 Å². The second-order valence-corrected chi connectivity index (χ2v) is 5.11. The lowest BCUT2D eigenvalue weighted by molar-refractivity contribution is -0.117. The van der Waals surface area contributed by atoms with Gasteiger partial charge in [-0.15, -0.1) is 0 Å². The first-order valence-electron chi connectivity index (χ1n) is 7.05. The molecule has 0 atom stereocenters. The minimum absolute atomic E-state index is 0.174. The van der Waals surface area contributed by atoms with Crippen LogP contribution in [0.1, 0.15) is 37.4 Å². The number of hydrogen-bond acceptors (Lipinski definition) is 4. The van der Waals surface area contributed by atoms with E-state index >= 15 is 0 Å². The molecule has 0 saturated heterocycles. The van der Waals surface area contributed by atoms with Crippen LogP contribution in [-0.2, 0) is 16.0 Å². The van der Waals surface area contributed by atoms with Gasteiger partial charge in [0.15, 0.2) is 5.78 Å². The van der Waals surface area contributed by atoms with Crippen molar-refractivity contribution in [3.63, 3.8) is 0 Å². The molecule has 5 heteroatoms. The van der Waals surface area contributed by atoms with Gasteiger partial charge in [0, 0.05) is 19.9 Å². The molecule has 0 aromatic carbocycles. The Morgan fingerprint density at radius 3 is 3.05 bits per heavy atom. The van der Waals surface area contributed by atoms with Crippen molar-refractivity contribution in [2.24, 2.45) is 0 Å². The third-order valence-corrected chi connectivity index (χ3v) is 3.55. The maximum atomic E-state index is 11.8. The number of ether oxygens (including phenoxy) is 1. The molecular formula is C14H23N3O2. The number of carbonyl (C=O) groups excluding carboxylic acids is 1. The fraction of sp³-hybridized carbons (Fsp3) is 0.714. The average molecular weight is 265 g/mol. The van der Waals surface area contributed by atoms with E-state index in [4.69, 9.17) is 4.74 Å². The molecule has 1 N–H and O–H groups in total. The lowest BCUT2D eigenvalue weighted by atomic mass is 10.2. The lowest BCUT2D eigenvalue weighted by Crippen LogP contribution is -2.27. The maximum Gasteiger partial charge on any atom is 0.152 e. The van der Waals surface area contributed by atoms with Crippen molar-refractivity contribution >= 4 is 5.78 Å². The van der Waals surface area contributed by atoms with Crippen LogP contribution in [-0.4, -0.2) is 42.4 Å². The van der Waals surface area contributed by atoms with Crippen LogP contribution < -0.4 is 5.32 Å². The number of rotatable bonds is 8. The number of ketones is 1. The van der Waals surface area contributed by atoms with Gasteiger partial charge in [0.25, 0.3) is 0 Å². The third kappa shape index (κ3) is 4.44. The van der Waals surface area contributed by atoms with Crippen LogP contribution in [0, 0.1) is 0 Å². The standard InChI is InChI=1S/C14H23N3O2/c1-19-9-7-15-11-14(18)10-12-6-8-17(16-12)13-4-2-3-5-13/h6,8,13,15H,2-5,7,9-11H2,1H3. The fourth-order valence-electron chi connectivity index (χ4n) is 2.51. The summed E-state index contributed by atoms with van der Waals surface area (Å²) in [5.41, 5.74) is 0.880. The first-order valence-corrected chi connectivity index (χ1v) is 7.05. The van der Waals surface area contributed by atoms with E-state index in [1.165, 1.54) is 25.7 Å². The molecule has 0 amide bonds. The highest BCUT2D eigenvalue weighted by Crippen LogP contribution is 2.28. The van der Waals surface area contributed by atoms with Gasteiger partial charge >= 0.3 is 0 Å². The van der Waals surface area contributed by atoms with E-state index in [1.54, 1.807) is 7.11 Å². The topological polar surface area (TPSA) is 56.1 Å². The molecule has 0 unspecified atom stereocenters. The third-order valence-electron chi connectivity index (χ3n) is 3.55. The smallest absolute Gasteiger partial charge is 0.152 e. The second-order valence-electron chi connectivity index (χ2n) is 5.11. The van der Waals surface area contributed by atoms with Crippen LogP contribution >= 0.6 is 0 Å². The molecule has 0 radical (unpaired) electrons. The van der Waals surface area contributed by atoms with Crippen LogP contribution in [0.5, 0.6) is 0 Å². The van der Waals surface area contributed by atoms with E-state index in [-0.39, 0.29) is 5.78 Å². The molecule has 106 valence electrons. The van der Waals surface area contributed by atoms with E-state index in [2.05, 4.69) is 10.4 Å². The van der Waals surface area contributed by atoms with Gasteiger partial charge < -0.3 is 10.1 Å². The predicted molar refractivity (Wildman–Crippen MR) is 73.2 cm³/mol. The molecule has 1 aliphatic rings. The summed E-state index contributed by atoms with van der Waals surface area (Å²) in [6.45, 7) is 1.72. The first kappa shape index (κ1) is 14.2. The van der Waals surface area contributed by atoms with Crippen LogP contribution in [0.4, 0.5) is 0 Å². The molecular weight excluding hydrogens is 242 g/mol. The molecule has 19 heavy (non-hydrogen) atoms. The predicted octanol–water partition coefficient (Wildman–Crippen LogP) is 1.35. The lowest BCUT2D eigenvalue weighted by Gasteiger charge is -2.08. The number of nitrogens with one attached hydrogen (secondary N) is 1. The Hall–Kier alpha value is -1.20. The van der Waals surface area contributed by atoms with Gasteiger partial charge in [-0.3, -0.25) is 9.48 Å². The van der Waals surface area contributed by atoms with Crippen LogP contribution in [0.15, 0.2) is 12.3 Å². The highest BCUT2D eigenvalue weighted by molar-refractivity contribution is 5.82. The molecule has 1 aliphatic carbocycles. The molecule has 1 aromatic rings. The summed E-state index contributed by atoms with van der Waals surface area (Å²) in [5.74, 6) is 0.174. The molecule has 0 spiro atoms. The fourth-order valence-corrected chi connectivity index (χ4v) is 2.51. The molecule has 1 fully saturated rings. The summed E-state index contributed by atoms with van der Waals surface area (Å²) < 4.78 is 6.95. The Bertz CT molecular complexity index is 397. The zero-order valence-electron chi connectivity index (χ0n) is 11.6. The number of carbonyl (C=O) groups is 1. The quantitative estimate of drug-likeness (QED) is 0.721. The van der Waals surface area contributed by atoms with Crippen molar-refractivity contribution in [1.29, 1.82) is 0 Å². The summed E-state index contributed by atoms with van der Waals surface area (Å²) in [6.07, 6.45) is 7.45. The molecule has 0 aliphatic heterocycles. The van der Waals surface area contributed by atoms with Gasteiger partial charge in [0.1, 0.15) is 0 Å². The van der Waals surface area contributed by atoms with Crippen LogP contribution in [0.2, 0.25) is 0 Å². The highest BCUT2D eigenvalue weighted by atomic mass is 16.5. The van der Waals surface area contributed by atoms with Gasteiger partial charge in [0.05, 0.1) is 31.3 Å². The van der Waals surface area contributed by atoms with Gasteiger partial charge in [-0.05, 0) is 18.9 Å². The first-order chi connectivity index (χ1) is 9.29. The van der Waals surface area contributed by atoms with Crippen molar-refractivity contribution in [3.8, 4) is 0 Å². The Kier molecular flexibility index (Phi) is 5.54. The summed E-state index contributed by atoms with van der Waals surface area (Å²) in [7, 11) is 1.65. The molecule has 0 bridgehead atoms. The van der Waals surface area contributed by atoms with E-state index in [1.807, 2.05) is 16.9 Å². The minimum atomic E-state index is 0.174. The van der Waals surface area contributed by atoms with Gasteiger partial charge in [-0.25, -0.2) is 0 Å². The molecule has 1 heterocycles. The van der Waals surface area contributed by atoms with Gasteiger partial charge in [-0.1, -0.05) is 12.8 Å². The largest absolute Gasteiger partial charge is 0.383 e. The number of nitrogens with zero attached hydrogens (tertiary/aromatic N) is 2. The monoisotopic (exact) mass is 265 g/mol. The Morgan fingerprint density at radius 1 is 1.53 bits per heavy atom. The number of Topliss-reactive ketones (excluding diaryl/α,β-unsaturated/α-hetero) is 1. The Morgan fingerprint density at radius 2 is 2.32 bits per heavy atom. The zero-order chi connectivity index (χ0) is 13.5. The Balaban J connectivity index is 1.74. The summed E-state index contributed by atoms with van der Waals surface area (Å²) in [4.78, 5) is 11.8. The van der Waals surface area contributed by atoms with E-state index in [0.29, 0.717) is 32.2 Å². The SMILES string of the molecule is COCCNCC(=O)Cc1ccn(C2CCCC2)n1. The summed E-state index contributed by atoms with van der Waals surface area (Å²) in [5, 5.41) is 7.58. The van der Waals surface area contributed by atoms with E-state index in [9.17, 15) is 4.79 Å². The highest BCUT2D eigenvalue weighted by Gasteiger charge is 2.17. The van der Waals surface area contributed by atoms with Crippen LogP contribution in [0.3, 0.4) is 0 Å². The zero-order valence-corrected chi connectivity index (χ0v) is 11.6. The minimum Gasteiger partial charge on any atom is -0.383 e. The number of hydrogen-bond donors (Lipinski definition) is 1. The summed E-state index contributed by atoms with van der Waals surface area (Å²) >= 11 is 0. The van der Waals surface area contributed by atoms with Crippen molar-refractivity contribution in [2.45, 2.75) is 38.1 Å². The molecule has 2 rings (SSSR count). The average Bonchev–Trinajstić information content (AvgIpc) is 3.04. The van der Waals surface area contributed by atoms with Crippen molar-refractivity contribution in [2.75, 3.05) is 26.8 Å². The maximum absolute atomic E-state index is 11.8. The van der Waals surface area contributed by atoms with Crippen molar-refractivity contribution in [3.05, 3.63) is 18.0 Å². The molecule has 1 saturated carbocycles. The Labute approximate surface area is 114 Å². The number of aromatic nitrogens is 2. The van der Waals surface area contributed by atoms with Crippen molar-refractivity contribution < 1.29 is 9.53 Å². The molecule has 1 aromatic heterocycles. The van der Waals surface area contributed by atoms with Gasteiger partial charge in [-0.2, -0.15) is 5.10 Å². The van der Waals surface area contributed by atoms with Crippen LogP contribution in [0.25, 0.3) is 0 Å². The number of methoxy groups -OCH3 is 1. The van der Waals surface area contributed by atoms with E-state index < -0.39 is 0 Å².